The minimum absolute atomic E-state index is 0.00160. The van der Waals surface area contributed by atoms with Crippen LogP contribution in [0, 0.1) is 11.8 Å². The van der Waals surface area contributed by atoms with Crippen LogP contribution in [-0.2, 0) is 14.4 Å². The Hall–Kier alpha value is -4.33. The first-order valence-electron chi connectivity index (χ1n) is 13.5. The molecule has 0 radical (unpaired) electrons. The maximum atomic E-state index is 12.6. The molecule has 1 fully saturated rings. The number of β-lactam (4-membered cyclic amide) rings is 1. The smallest absolute Gasteiger partial charge is 0.353 e. The Morgan fingerprint density at radius 3 is 2.49 bits per heavy atom. The fraction of sp³-hybridized carbons (Fsp3) is 0.267. The van der Waals surface area contributed by atoms with E-state index >= 15 is 0 Å². The summed E-state index contributed by atoms with van der Waals surface area (Å²) < 4.78 is 0.620. The molecule has 3 amide bonds. The molecule has 1 saturated heterocycles. The van der Waals surface area contributed by atoms with Crippen LogP contribution in [0.3, 0.4) is 0 Å². The van der Waals surface area contributed by atoms with Gasteiger partial charge in [0, 0.05) is 45.9 Å². The first-order chi connectivity index (χ1) is 20.6. The van der Waals surface area contributed by atoms with Crippen molar-refractivity contribution in [2.24, 2.45) is 22.6 Å². The number of aromatic nitrogens is 1. The van der Waals surface area contributed by atoms with Crippen molar-refractivity contribution < 1.29 is 29.4 Å². The number of rotatable bonds is 10. The average molecular weight is 620 g/mol. The molecule has 3 heterocycles. The van der Waals surface area contributed by atoms with E-state index in [1.165, 1.54) is 28.0 Å². The van der Waals surface area contributed by atoms with Gasteiger partial charge in [-0.05, 0) is 19.1 Å². The first-order valence-corrected chi connectivity index (χ1v) is 15.2. The van der Waals surface area contributed by atoms with Crippen molar-refractivity contribution in [2.75, 3.05) is 6.54 Å². The molecule has 43 heavy (non-hydrogen) atoms. The molecule has 1 aromatic heterocycles. The normalized spacial score (nSPS) is 20.4. The molecule has 2 aliphatic rings. The molecule has 5 N–H and O–H groups in total. The molecule has 0 aliphatic carbocycles. The summed E-state index contributed by atoms with van der Waals surface area (Å²) in [6.45, 7) is 3.54. The van der Waals surface area contributed by atoms with Crippen molar-refractivity contribution in [3.8, 4) is 11.3 Å². The second kappa shape index (κ2) is 12.5. The number of aliphatic hydroxyl groups is 1. The highest BCUT2D eigenvalue weighted by Gasteiger charge is 2.60. The number of nitrogens with two attached hydrogens (primary N) is 1. The minimum atomic E-state index is -1.18. The number of benzene rings is 2. The Bertz CT molecular complexity index is 1630. The van der Waals surface area contributed by atoms with E-state index in [2.05, 4.69) is 15.3 Å². The number of nitrogens with one attached hydrogen (secondary N) is 1. The molecule has 0 unspecified atom stereocenters. The molecule has 5 rings (SSSR count). The molecule has 0 bridgehead atoms. The van der Waals surface area contributed by atoms with Gasteiger partial charge in [0.1, 0.15) is 11.5 Å². The number of carbonyl (C=O) groups excluding carboxylic acids is 3. The Balaban J connectivity index is 1.21. The lowest BCUT2D eigenvalue weighted by Crippen LogP contribution is -2.63. The van der Waals surface area contributed by atoms with Gasteiger partial charge in [0.15, 0.2) is 4.34 Å². The summed E-state index contributed by atoms with van der Waals surface area (Å²) in [5.41, 5.74) is 8.51. The van der Waals surface area contributed by atoms with Gasteiger partial charge in [-0.1, -0.05) is 61.2 Å². The van der Waals surface area contributed by atoms with Crippen LogP contribution in [-0.4, -0.2) is 68.3 Å². The third-order valence-electron chi connectivity index (χ3n) is 7.37. The number of hydrogen-bond donors (Lipinski definition) is 4. The summed E-state index contributed by atoms with van der Waals surface area (Å²) in [6, 6.07) is 15.3. The molecular weight excluding hydrogens is 590 g/mol. The second-order valence-electron chi connectivity index (χ2n) is 10.2. The van der Waals surface area contributed by atoms with Gasteiger partial charge in [-0.25, -0.2) is 9.78 Å². The lowest BCUT2D eigenvalue weighted by atomic mass is 9.79. The Kier molecular flexibility index (Phi) is 8.76. The number of nitrogens with zero attached hydrogens (tertiary/aromatic N) is 3. The largest absolute Gasteiger partial charge is 0.477 e. The maximum absolute atomic E-state index is 12.6. The molecular formula is C30H29N5O6S2. The second-order valence-corrected chi connectivity index (χ2v) is 12.4. The molecule has 0 spiro atoms. The first kappa shape index (κ1) is 30.1. The van der Waals surface area contributed by atoms with E-state index in [1.807, 2.05) is 18.4 Å². The summed E-state index contributed by atoms with van der Waals surface area (Å²) in [5, 5.41) is 24.4. The van der Waals surface area contributed by atoms with E-state index in [0.29, 0.717) is 26.1 Å². The monoisotopic (exact) mass is 619 g/mol. The van der Waals surface area contributed by atoms with Crippen LogP contribution >= 0.6 is 23.1 Å². The maximum Gasteiger partial charge on any atom is 0.353 e. The van der Waals surface area contributed by atoms with Crippen molar-refractivity contribution in [2.45, 2.75) is 36.8 Å². The van der Waals surface area contributed by atoms with Crippen LogP contribution in [0.15, 0.2) is 79.9 Å². The Morgan fingerprint density at radius 2 is 1.84 bits per heavy atom. The molecule has 2 aromatic carbocycles. The summed E-state index contributed by atoms with van der Waals surface area (Å²) in [7, 11) is 0. The van der Waals surface area contributed by atoms with E-state index in [0.717, 1.165) is 5.56 Å². The fourth-order valence-electron chi connectivity index (χ4n) is 5.23. The lowest BCUT2D eigenvalue weighted by Gasteiger charge is -2.46. The van der Waals surface area contributed by atoms with Gasteiger partial charge in [0.05, 0.1) is 23.8 Å². The number of aliphatic hydroxyl groups excluding tert-OH is 1. The third-order valence-corrected chi connectivity index (χ3v) is 9.60. The van der Waals surface area contributed by atoms with Crippen molar-refractivity contribution in [1.82, 2.24) is 15.2 Å². The summed E-state index contributed by atoms with van der Waals surface area (Å²) in [6.07, 6.45) is -0.864. The molecule has 11 nitrogen and oxygen atoms in total. The van der Waals surface area contributed by atoms with Crippen LogP contribution in [0.2, 0.25) is 0 Å². The third kappa shape index (κ3) is 6.10. The van der Waals surface area contributed by atoms with Gasteiger partial charge in [0.25, 0.3) is 5.91 Å². The van der Waals surface area contributed by atoms with Crippen LogP contribution in [0.4, 0.5) is 0 Å². The van der Waals surface area contributed by atoms with Gasteiger partial charge in [-0.15, -0.1) is 11.3 Å². The van der Waals surface area contributed by atoms with Crippen LogP contribution in [0.25, 0.3) is 11.3 Å². The van der Waals surface area contributed by atoms with E-state index in [1.54, 1.807) is 55.5 Å². The van der Waals surface area contributed by atoms with Crippen molar-refractivity contribution >= 4 is 52.6 Å². The van der Waals surface area contributed by atoms with E-state index in [4.69, 9.17) is 5.73 Å². The SMILES string of the molecule is C[C@@H](O)[C@H]1C(=O)N2C(C(=O)O)=C(Sc3nc(-c4ccc(C(N)=NC(=O)CCNC(=O)c5ccccc5)cc4)cs3)[C@H](C)[C@H]12. The Labute approximate surface area is 255 Å². The number of carboxylic acid groups (broad SMARTS) is 1. The molecule has 2 aliphatic heterocycles. The number of hydrogen-bond acceptors (Lipinski definition) is 8. The minimum Gasteiger partial charge on any atom is -0.477 e. The van der Waals surface area contributed by atoms with Gasteiger partial charge in [-0.2, -0.15) is 4.99 Å². The highest BCUT2D eigenvalue weighted by atomic mass is 32.2. The zero-order valence-corrected chi connectivity index (χ0v) is 24.9. The number of fused-ring (bicyclic) bond motifs is 1. The summed E-state index contributed by atoms with van der Waals surface area (Å²) in [5.74, 6) is -3.12. The number of aliphatic imine (C=N–C) groups is 1. The molecule has 4 atom stereocenters. The highest BCUT2D eigenvalue weighted by Crippen LogP contribution is 2.52. The topological polar surface area (TPSA) is 175 Å². The number of thiazole rings is 1. The van der Waals surface area contributed by atoms with E-state index < -0.39 is 23.9 Å². The van der Waals surface area contributed by atoms with Crippen molar-refractivity contribution in [1.29, 1.82) is 0 Å². The molecule has 3 aromatic rings. The van der Waals surface area contributed by atoms with Crippen LogP contribution in [0.5, 0.6) is 0 Å². The molecule has 0 saturated carbocycles. The van der Waals surface area contributed by atoms with Gasteiger partial charge in [0.2, 0.25) is 11.8 Å². The van der Waals surface area contributed by atoms with Gasteiger partial charge in [-0.3, -0.25) is 14.4 Å². The summed E-state index contributed by atoms with van der Waals surface area (Å²) in [4.78, 5) is 59.5. The van der Waals surface area contributed by atoms with Gasteiger partial charge < -0.3 is 26.2 Å². The van der Waals surface area contributed by atoms with E-state index in [-0.39, 0.29) is 48.3 Å². The zero-order valence-electron chi connectivity index (χ0n) is 23.3. The van der Waals surface area contributed by atoms with Crippen LogP contribution in [0.1, 0.15) is 36.2 Å². The predicted molar refractivity (Wildman–Crippen MR) is 162 cm³/mol. The number of carbonyl (C=O) groups is 4. The fourth-order valence-corrected chi connectivity index (χ4v) is 7.33. The molecule has 13 heteroatoms. The standard InChI is InChI=1S/C30H29N5O6S2/c1-15-23-22(16(2)36)28(39)35(23)24(29(40)41)25(15)43-30-33-20(14-42-30)17-8-10-18(11-9-17)26(31)34-21(37)12-13-32-27(38)19-6-4-3-5-7-19/h3-11,14-16,22-23,36H,12-13H2,1-2H3,(H,32,38)(H,40,41)(H2,31,34,37)/t15-,16-,22-,23-/m1/s1. The Morgan fingerprint density at radius 1 is 1.14 bits per heavy atom. The number of amides is 3. The van der Waals surface area contributed by atoms with Crippen molar-refractivity contribution in [3.05, 3.63) is 81.7 Å². The summed E-state index contributed by atoms with van der Waals surface area (Å²) >= 11 is 2.58. The van der Waals surface area contributed by atoms with Crippen LogP contribution < -0.4 is 11.1 Å². The predicted octanol–water partition coefficient (Wildman–Crippen LogP) is 3.11. The quantitative estimate of drug-likeness (QED) is 0.151. The number of aliphatic carboxylic acids is 1. The van der Waals surface area contributed by atoms with E-state index in [9.17, 15) is 29.4 Å². The van der Waals surface area contributed by atoms with Gasteiger partial charge >= 0.3 is 5.97 Å². The number of amidine groups is 1. The number of thioether (sulfide) groups is 1. The average Bonchev–Trinajstić information content (AvgIpc) is 3.54. The van der Waals surface area contributed by atoms with Crippen molar-refractivity contribution in [3.63, 3.8) is 0 Å². The molecule has 222 valence electrons. The zero-order chi connectivity index (χ0) is 30.8. The highest BCUT2D eigenvalue weighted by molar-refractivity contribution is 8.04. The number of carboxylic acids is 1. The lowest BCUT2D eigenvalue weighted by molar-refractivity contribution is -0.163.